The minimum absolute atomic E-state index is 0.0290. The van der Waals surface area contributed by atoms with Crippen LogP contribution in [0.25, 0.3) is 10.8 Å². The predicted octanol–water partition coefficient (Wildman–Crippen LogP) is 4.83. The van der Waals surface area contributed by atoms with Crippen molar-refractivity contribution in [3.63, 3.8) is 0 Å². The number of hydrogen-bond donors (Lipinski definition) is 3. The Morgan fingerprint density at radius 1 is 0.933 bits per heavy atom. The second-order valence-electron chi connectivity index (χ2n) is 6.23. The van der Waals surface area contributed by atoms with Crippen LogP contribution in [-0.2, 0) is 10.0 Å². The van der Waals surface area contributed by atoms with Gasteiger partial charge in [0.15, 0.2) is 0 Å². The van der Waals surface area contributed by atoms with Crippen molar-refractivity contribution < 1.29 is 13.5 Å². The zero-order valence-corrected chi connectivity index (χ0v) is 18.2. The number of sulfonamides is 1. The largest absolute Gasteiger partial charge is 0.395 e. The molecule has 0 aliphatic heterocycles. The lowest BCUT2D eigenvalue weighted by Gasteiger charge is -2.10. The zero-order chi connectivity index (χ0) is 21.6. The molecule has 0 heterocycles. The summed E-state index contributed by atoms with van der Waals surface area (Å²) in [6.45, 7) is 0.593. The Kier molecular flexibility index (Phi) is 7.63. The van der Waals surface area contributed by atoms with Crippen molar-refractivity contribution >= 4 is 61.1 Å². The molecule has 0 aromatic heterocycles. The van der Waals surface area contributed by atoms with E-state index < -0.39 is 10.0 Å². The Balaban J connectivity index is 1.90. The second kappa shape index (κ2) is 10.2. The van der Waals surface area contributed by atoms with Crippen LogP contribution < -0.4 is 10.0 Å². The number of azo groups is 1. The number of benzene rings is 3. The molecule has 0 aliphatic rings. The highest BCUT2D eigenvalue weighted by molar-refractivity contribution is 7.89. The van der Waals surface area contributed by atoms with E-state index in [1.165, 1.54) is 18.2 Å². The van der Waals surface area contributed by atoms with E-state index in [0.29, 0.717) is 17.9 Å². The summed E-state index contributed by atoms with van der Waals surface area (Å²) in [5, 5.41) is 22.7. The molecule has 0 spiro atoms. The zero-order valence-electron chi connectivity index (χ0n) is 15.8. The maximum absolute atomic E-state index is 12.2. The first kappa shape index (κ1) is 22.5. The first-order valence-electron chi connectivity index (χ1n) is 9.09. The molecule has 0 unspecified atom stereocenters. The summed E-state index contributed by atoms with van der Waals surface area (Å²) >= 11 is 11.8. The molecule has 10 heteroatoms. The average Bonchev–Trinajstić information content (AvgIpc) is 2.75. The fourth-order valence-corrected chi connectivity index (χ4v) is 4.36. The van der Waals surface area contributed by atoms with E-state index in [4.69, 9.17) is 28.3 Å². The molecule has 0 atom stereocenters. The molecule has 0 saturated carbocycles. The number of alkyl halides is 1. The van der Waals surface area contributed by atoms with E-state index in [-0.39, 0.29) is 28.9 Å². The summed E-state index contributed by atoms with van der Waals surface area (Å²) in [6.07, 6.45) is 0. The van der Waals surface area contributed by atoms with Gasteiger partial charge in [-0.1, -0.05) is 35.9 Å². The molecule has 158 valence electrons. The number of aliphatic hydroxyl groups is 1. The molecule has 3 rings (SSSR count). The normalized spacial score (nSPS) is 12.0. The van der Waals surface area contributed by atoms with Gasteiger partial charge in [-0.3, -0.25) is 0 Å². The van der Waals surface area contributed by atoms with Crippen LogP contribution in [0, 0.1) is 0 Å². The lowest BCUT2D eigenvalue weighted by molar-refractivity contribution is 0.311. The Bertz CT molecular complexity index is 1170. The van der Waals surface area contributed by atoms with Crippen LogP contribution in [0.4, 0.5) is 17.1 Å². The Labute approximate surface area is 184 Å². The molecule has 3 aromatic rings. The maximum Gasteiger partial charge on any atom is 0.240 e. The van der Waals surface area contributed by atoms with Crippen LogP contribution in [0.2, 0.25) is 5.02 Å². The minimum Gasteiger partial charge on any atom is -0.395 e. The lowest BCUT2D eigenvalue weighted by atomic mass is 10.1. The first-order valence-corrected chi connectivity index (χ1v) is 11.5. The molecule has 7 nitrogen and oxygen atoms in total. The van der Waals surface area contributed by atoms with Crippen LogP contribution >= 0.6 is 23.2 Å². The van der Waals surface area contributed by atoms with Gasteiger partial charge in [0.1, 0.15) is 5.69 Å². The van der Waals surface area contributed by atoms with Crippen molar-refractivity contribution in [2.24, 2.45) is 10.2 Å². The number of hydrogen-bond acceptors (Lipinski definition) is 6. The summed E-state index contributed by atoms with van der Waals surface area (Å²) in [4.78, 5) is 0.0290. The smallest absolute Gasteiger partial charge is 0.240 e. The van der Waals surface area contributed by atoms with Gasteiger partial charge in [0, 0.05) is 35.4 Å². The van der Waals surface area contributed by atoms with E-state index in [1.807, 2.05) is 36.4 Å². The van der Waals surface area contributed by atoms with E-state index in [9.17, 15) is 8.42 Å². The number of rotatable bonds is 9. The summed E-state index contributed by atoms with van der Waals surface area (Å²) in [6, 6.07) is 15.6. The van der Waals surface area contributed by atoms with E-state index in [0.717, 1.165) is 16.5 Å². The maximum atomic E-state index is 12.2. The predicted molar refractivity (Wildman–Crippen MR) is 121 cm³/mol. The third-order valence-electron chi connectivity index (χ3n) is 4.21. The van der Waals surface area contributed by atoms with Gasteiger partial charge < -0.3 is 10.4 Å². The molecule has 30 heavy (non-hydrogen) atoms. The fourth-order valence-electron chi connectivity index (χ4n) is 2.81. The van der Waals surface area contributed by atoms with Gasteiger partial charge in [-0.25, -0.2) is 13.1 Å². The highest BCUT2D eigenvalue weighted by atomic mass is 35.5. The molecule has 0 fully saturated rings. The van der Waals surface area contributed by atoms with Crippen LogP contribution in [0.15, 0.2) is 69.7 Å². The van der Waals surface area contributed by atoms with Crippen molar-refractivity contribution in [3.8, 4) is 0 Å². The number of aliphatic hydroxyl groups excluding tert-OH is 1. The minimum atomic E-state index is -3.69. The van der Waals surface area contributed by atoms with Crippen LogP contribution in [0.1, 0.15) is 0 Å². The number of anilines is 1. The van der Waals surface area contributed by atoms with E-state index >= 15 is 0 Å². The molecule has 0 radical (unpaired) electrons. The SMILES string of the molecule is O=S(=O)(NCCCl)c1ccc(N=Nc2ccc(NCCO)c3ccccc23)c(Cl)c1. The second-order valence-corrected chi connectivity index (χ2v) is 8.78. The summed E-state index contributed by atoms with van der Waals surface area (Å²) in [5.41, 5.74) is 1.87. The summed E-state index contributed by atoms with van der Waals surface area (Å²) in [7, 11) is -3.69. The topological polar surface area (TPSA) is 103 Å². The number of nitrogens with zero attached hydrogens (tertiary/aromatic N) is 2. The highest BCUT2D eigenvalue weighted by Gasteiger charge is 2.15. The highest BCUT2D eigenvalue weighted by Crippen LogP contribution is 2.34. The first-order chi connectivity index (χ1) is 14.5. The van der Waals surface area contributed by atoms with E-state index in [2.05, 4.69) is 20.3 Å². The standard InChI is InChI=1S/C20H20Cl2N4O3S/c21-9-10-24-30(28,29)14-5-6-20(17(22)13-14)26-25-19-8-7-18(23-11-12-27)15-3-1-2-4-16(15)19/h1-8,13,23-24,27H,9-12H2. The number of fused-ring (bicyclic) bond motifs is 1. The molecular weight excluding hydrogens is 447 g/mol. The molecular formula is C20H20Cl2N4O3S. The Hall–Kier alpha value is -2.23. The van der Waals surface area contributed by atoms with Crippen molar-refractivity contribution in [2.45, 2.75) is 4.90 Å². The fraction of sp³-hybridized carbons (Fsp3) is 0.200. The van der Waals surface area contributed by atoms with Crippen LogP contribution in [-0.4, -0.2) is 39.1 Å². The van der Waals surface area contributed by atoms with Crippen LogP contribution in [0.3, 0.4) is 0 Å². The lowest BCUT2D eigenvalue weighted by Crippen LogP contribution is -2.25. The third kappa shape index (κ3) is 5.27. The molecule has 0 bridgehead atoms. The van der Waals surface area contributed by atoms with Crippen molar-refractivity contribution in [2.75, 3.05) is 30.9 Å². The monoisotopic (exact) mass is 466 g/mol. The van der Waals surface area contributed by atoms with Crippen molar-refractivity contribution in [3.05, 3.63) is 59.6 Å². The van der Waals surface area contributed by atoms with Crippen LogP contribution in [0.5, 0.6) is 0 Å². The van der Waals surface area contributed by atoms with Gasteiger partial charge in [-0.2, -0.15) is 0 Å². The van der Waals surface area contributed by atoms with Gasteiger partial charge in [0.25, 0.3) is 0 Å². The van der Waals surface area contributed by atoms with E-state index in [1.54, 1.807) is 0 Å². The summed E-state index contributed by atoms with van der Waals surface area (Å²) in [5.74, 6) is 0.168. The number of halogens is 2. The van der Waals surface area contributed by atoms with Gasteiger partial charge in [-0.15, -0.1) is 21.8 Å². The van der Waals surface area contributed by atoms with Gasteiger partial charge in [0.05, 0.1) is 22.2 Å². The van der Waals surface area contributed by atoms with Crippen molar-refractivity contribution in [1.82, 2.24) is 4.72 Å². The Morgan fingerprint density at radius 2 is 1.63 bits per heavy atom. The molecule has 0 saturated heterocycles. The summed E-state index contributed by atoms with van der Waals surface area (Å²) < 4.78 is 26.7. The van der Waals surface area contributed by atoms with Gasteiger partial charge in [0.2, 0.25) is 10.0 Å². The molecule has 0 amide bonds. The molecule has 0 aliphatic carbocycles. The van der Waals surface area contributed by atoms with Gasteiger partial charge >= 0.3 is 0 Å². The molecule has 3 aromatic carbocycles. The quantitative estimate of drug-likeness (QED) is 0.310. The average molecular weight is 467 g/mol. The van der Waals surface area contributed by atoms with Gasteiger partial charge in [-0.05, 0) is 30.3 Å². The van der Waals surface area contributed by atoms with Crippen molar-refractivity contribution in [1.29, 1.82) is 0 Å². The third-order valence-corrected chi connectivity index (χ3v) is 6.16. The number of nitrogens with one attached hydrogen (secondary N) is 2. The molecule has 3 N–H and O–H groups in total. The Morgan fingerprint density at radius 3 is 2.33 bits per heavy atom.